The van der Waals surface area contributed by atoms with Gasteiger partial charge in [-0.05, 0) is 24.3 Å². The van der Waals surface area contributed by atoms with Gasteiger partial charge in [0.25, 0.3) is 0 Å². The highest BCUT2D eigenvalue weighted by Gasteiger charge is 2.10. The van der Waals surface area contributed by atoms with E-state index in [2.05, 4.69) is 10.3 Å². The van der Waals surface area contributed by atoms with Gasteiger partial charge in [0.15, 0.2) is 0 Å². The molecule has 0 unspecified atom stereocenters. The SMILES string of the molecule is Nc1cccc2nc3n(c12)C=CC=CN3. The Hall–Kier alpha value is -2.23. The lowest BCUT2D eigenvalue weighted by Gasteiger charge is -2.02. The maximum absolute atomic E-state index is 5.93. The number of imidazole rings is 1. The van der Waals surface area contributed by atoms with E-state index in [1.165, 1.54) is 0 Å². The van der Waals surface area contributed by atoms with E-state index in [1.807, 2.05) is 47.3 Å². The molecule has 0 spiro atoms. The first-order valence-corrected chi connectivity index (χ1v) is 4.72. The summed E-state index contributed by atoms with van der Waals surface area (Å²) in [5.74, 6) is 0.785. The fraction of sp³-hybridized carbons (Fsp3) is 0. The van der Waals surface area contributed by atoms with E-state index in [-0.39, 0.29) is 0 Å². The van der Waals surface area contributed by atoms with E-state index < -0.39 is 0 Å². The van der Waals surface area contributed by atoms with Gasteiger partial charge in [-0.1, -0.05) is 6.07 Å². The topological polar surface area (TPSA) is 55.9 Å². The highest BCUT2D eigenvalue weighted by atomic mass is 15.2. The standard InChI is InChI=1S/C11H10N4/c12-8-4-3-5-9-10(8)15-7-2-1-6-13-11(15)14-9/h1-7H,12H2,(H,13,14). The van der Waals surface area contributed by atoms with Crippen LogP contribution in [0.15, 0.2) is 36.6 Å². The zero-order valence-electron chi connectivity index (χ0n) is 8.01. The highest BCUT2D eigenvalue weighted by Crippen LogP contribution is 2.25. The average Bonchev–Trinajstić information content (AvgIpc) is 2.43. The van der Waals surface area contributed by atoms with Crippen molar-refractivity contribution in [3.8, 4) is 0 Å². The second-order valence-electron chi connectivity index (χ2n) is 3.37. The molecule has 1 aliphatic rings. The molecule has 0 radical (unpaired) electrons. The fourth-order valence-corrected chi connectivity index (χ4v) is 1.74. The number of nitrogens with zero attached hydrogens (tertiary/aromatic N) is 2. The third-order valence-electron chi connectivity index (χ3n) is 2.40. The molecule has 4 heteroatoms. The first-order chi connectivity index (χ1) is 7.36. The predicted molar refractivity (Wildman–Crippen MR) is 62.2 cm³/mol. The van der Waals surface area contributed by atoms with E-state index in [0.717, 1.165) is 22.7 Å². The summed E-state index contributed by atoms with van der Waals surface area (Å²) in [5.41, 5.74) is 8.51. The molecule has 0 fully saturated rings. The number of hydrogen-bond acceptors (Lipinski definition) is 3. The Bertz CT molecular complexity index is 578. The van der Waals surface area contributed by atoms with E-state index in [0.29, 0.717) is 0 Å². The molecule has 4 nitrogen and oxygen atoms in total. The molecule has 0 bridgehead atoms. The normalized spacial score (nSPS) is 13.6. The smallest absolute Gasteiger partial charge is 0.212 e. The predicted octanol–water partition coefficient (Wildman–Crippen LogP) is 2.03. The van der Waals surface area contributed by atoms with Gasteiger partial charge in [-0.25, -0.2) is 4.98 Å². The number of fused-ring (bicyclic) bond motifs is 3. The molecule has 3 rings (SSSR count). The molecule has 0 saturated carbocycles. The third kappa shape index (κ3) is 1.11. The number of anilines is 2. The van der Waals surface area contributed by atoms with Crippen LogP contribution in [0.5, 0.6) is 0 Å². The lowest BCUT2D eigenvalue weighted by Crippen LogP contribution is -1.96. The van der Waals surface area contributed by atoms with E-state index >= 15 is 0 Å². The molecule has 0 amide bonds. The maximum atomic E-state index is 5.93. The summed E-state index contributed by atoms with van der Waals surface area (Å²) in [6, 6.07) is 5.74. The van der Waals surface area contributed by atoms with Crippen LogP contribution in [0.3, 0.4) is 0 Å². The van der Waals surface area contributed by atoms with Crippen LogP contribution >= 0.6 is 0 Å². The van der Waals surface area contributed by atoms with E-state index in [1.54, 1.807) is 0 Å². The lowest BCUT2D eigenvalue weighted by molar-refractivity contribution is 1.18. The molecule has 0 aliphatic carbocycles. The molecular weight excluding hydrogens is 188 g/mol. The van der Waals surface area contributed by atoms with Gasteiger partial charge in [-0.2, -0.15) is 0 Å². The summed E-state index contributed by atoms with van der Waals surface area (Å²) < 4.78 is 1.95. The van der Waals surface area contributed by atoms with Gasteiger partial charge in [0.2, 0.25) is 5.95 Å². The Labute approximate surface area is 86.7 Å². The van der Waals surface area contributed by atoms with Crippen molar-refractivity contribution in [2.24, 2.45) is 0 Å². The van der Waals surface area contributed by atoms with Crippen LogP contribution < -0.4 is 11.1 Å². The van der Waals surface area contributed by atoms with Crippen molar-refractivity contribution in [1.29, 1.82) is 0 Å². The van der Waals surface area contributed by atoms with Crippen LogP contribution in [-0.4, -0.2) is 9.55 Å². The van der Waals surface area contributed by atoms with Crippen LogP contribution in [0.2, 0.25) is 0 Å². The van der Waals surface area contributed by atoms with Crippen molar-refractivity contribution in [3.05, 3.63) is 36.6 Å². The Morgan fingerprint density at radius 3 is 3.13 bits per heavy atom. The van der Waals surface area contributed by atoms with Gasteiger partial charge < -0.3 is 11.1 Å². The average molecular weight is 198 g/mol. The summed E-state index contributed by atoms with van der Waals surface area (Å²) in [5, 5.41) is 3.10. The molecule has 2 aromatic rings. The molecule has 3 N–H and O–H groups in total. The monoisotopic (exact) mass is 198 g/mol. The number of hydrogen-bond donors (Lipinski definition) is 2. The van der Waals surface area contributed by atoms with Crippen molar-refractivity contribution < 1.29 is 0 Å². The second-order valence-corrected chi connectivity index (χ2v) is 3.37. The quantitative estimate of drug-likeness (QED) is 0.637. The van der Waals surface area contributed by atoms with Crippen molar-refractivity contribution >= 4 is 28.9 Å². The lowest BCUT2D eigenvalue weighted by atomic mass is 10.3. The first-order valence-electron chi connectivity index (χ1n) is 4.72. The second kappa shape index (κ2) is 2.88. The van der Waals surface area contributed by atoms with Crippen molar-refractivity contribution in [1.82, 2.24) is 9.55 Å². The Morgan fingerprint density at radius 1 is 1.27 bits per heavy atom. The zero-order valence-corrected chi connectivity index (χ0v) is 8.01. The van der Waals surface area contributed by atoms with Crippen molar-refractivity contribution in [2.45, 2.75) is 0 Å². The van der Waals surface area contributed by atoms with Crippen molar-refractivity contribution in [3.63, 3.8) is 0 Å². The van der Waals surface area contributed by atoms with Gasteiger partial charge in [0.05, 0.1) is 16.7 Å². The van der Waals surface area contributed by atoms with Gasteiger partial charge >= 0.3 is 0 Å². The minimum atomic E-state index is 0.736. The minimum absolute atomic E-state index is 0.736. The van der Waals surface area contributed by atoms with Crippen LogP contribution in [0.25, 0.3) is 17.2 Å². The van der Waals surface area contributed by atoms with E-state index in [4.69, 9.17) is 5.73 Å². The van der Waals surface area contributed by atoms with Crippen LogP contribution in [-0.2, 0) is 0 Å². The number of benzene rings is 1. The summed E-state index contributed by atoms with van der Waals surface area (Å²) in [7, 11) is 0. The molecule has 15 heavy (non-hydrogen) atoms. The minimum Gasteiger partial charge on any atom is -0.397 e. The third-order valence-corrected chi connectivity index (χ3v) is 2.40. The zero-order chi connectivity index (χ0) is 10.3. The summed E-state index contributed by atoms with van der Waals surface area (Å²) in [6.07, 6.45) is 7.64. The van der Waals surface area contributed by atoms with Gasteiger partial charge in [-0.15, -0.1) is 0 Å². The first kappa shape index (κ1) is 8.11. The molecule has 2 heterocycles. The van der Waals surface area contributed by atoms with Gasteiger partial charge in [0.1, 0.15) is 0 Å². The number of aromatic nitrogens is 2. The molecule has 0 atom stereocenters. The van der Waals surface area contributed by atoms with Crippen LogP contribution in [0.1, 0.15) is 0 Å². The van der Waals surface area contributed by atoms with Crippen LogP contribution in [0.4, 0.5) is 11.6 Å². The fourth-order valence-electron chi connectivity index (χ4n) is 1.74. The Kier molecular flexibility index (Phi) is 1.56. The summed E-state index contributed by atoms with van der Waals surface area (Å²) in [4.78, 5) is 4.44. The molecule has 1 aromatic heterocycles. The Balaban J connectivity index is 2.41. The largest absolute Gasteiger partial charge is 0.397 e. The number of nitrogen functional groups attached to an aromatic ring is 1. The highest BCUT2D eigenvalue weighted by molar-refractivity contribution is 5.91. The summed E-state index contributed by atoms with van der Waals surface area (Å²) >= 11 is 0. The molecule has 1 aromatic carbocycles. The maximum Gasteiger partial charge on any atom is 0.212 e. The van der Waals surface area contributed by atoms with Crippen molar-refractivity contribution in [2.75, 3.05) is 11.1 Å². The molecule has 74 valence electrons. The number of para-hydroxylation sites is 1. The number of nitrogens with two attached hydrogens (primary N) is 1. The van der Waals surface area contributed by atoms with Gasteiger partial charge in [-0.3, -0.25) is 4.57 Å². The number of allylic oxidation sites excluding steroid dienone is 2. The number of rotatable bonds is 0. The molecule has 1 aliphatic heterocycles. The summed E-state index contributed by atoms with van der Waals surface area (Å²) in [6.45, 7) is 0. The number of nitrogens with one attached hydrogen (secondary N) is 1. The molecular formula is C11H10N4. The van der Waals surface area contributed by atoms with Gasteiger partial charge in [0, 0.05) is 12.4 Å². The molecule has 0 saturated heterocycles. The Morgan fingerprint density at radius 2 is 2.20 bits per heavy atom. The van der Waals surface area contributed by atoms with E-state index in [9.17, 15) is 0 Å². The van der Waals surface area contributed by atoms with Crippen LogP contribution in [0, 0.1) is 0 Å².